The summed E-state index contributed by atoms with van der Waals surface area (Å²) in [4.78, 5) is 14.0. The minimum Gasteiger partial charge on any atom is -0.479 e. The molecule has 0 fully saturated rings. The number of carbonyl (C=O) groups is 1. The van der Waals surface area contributed by atoms with Crippen molar-refractivity contribution in [3.63, 3.8) is 0 Å². The average Bonchev–Trinajstić information content (AvgIpc) is 1.80. The zero-order valence-corrected chi connectivity index (χ0v) is 5.34. The van der Waals surface area contributed by atoms with Gasteiger partial charge in [0.25, 0.3) is 0 Å². The van der Waals surface area contributed by atoms with Crippen LogP contribution < -0.4 is 0 Å². The number of nitrogens with zero attached hydrogens (tertiary/aromatic N) is 1. The molecule has 0 aliphatic rings. The standard InChI is InChI=1S/C4H6ClNO3/c5-1-2-6-9-3-4(7)8/h2H,1,3H2,(H,7,8)/b6-2+. The summed E-state index contributed by atoms with van der Waals surface area (Å²) in [6, 6.07) is 0. The Bertz CT molecular complexity index is 114. The van der Waals surface area contributed by atoms with Gasteiger partial charge in [-0.1, -0.05) is 5.16 Å². The van der Waals surface area contributed by atoms with Gasteiger partial charge in [-0.15, -0.1) is 11.6 Å². The Labute approximate surface area is 57.1 Å². The second kappa shape index (κ2) is 5.37. The maximum absolute atomic E-state index is 9.73. The van der Waals surface area contributed by atoms with Gasteiger partial charge in [0.05, 0.1) is 12.1 Å². The molecule has 0 amide bonds. The van der Waals surface area contributed by atoms with E-state index < -0.39 is 12.6 Å². The molecule has 0 aromatic heterocycles. The second-order valence-electron chi connectivity index (χ2n) is 1.11. The smallest absolute Gasteiger partial charge is 0.344 e. The molecule has 0 spiro atoms. The van der Waals surface area contributed by atoms with Gasteiger partial charge in [0, 0.05) is 0 Å². The summed E-state index contributed by atoms with van der Waals surface area (Å²) in [6.07, 6.45) is 1.27. The van der Waals surface area contributed by atoms with Crippen LogP contribution in [0.25, 0.3) is 0 Å². The number of carboxylic acid groups (broad SMARTS) is 1. The molecule has 0 bridgehead atoms. The van der Waals surface area contributed by atoms with Gasteiger partial charge in [-0.05, 0) is 0 Å². The molecule has 5 heteroatoms. The van der Waals surface area contributed by atoms with Gasteiger partial charge in [-0.2, -0.15) is 0 Å². The van der Waals surface area contributed by atoms with Gasteiger partial charge in [0.15, 0.2) is 0 Å². The molecule has 0 aromatic rings. The third-order valence-electron chi connectivity index (χ3n) is 0.406. The molecule has 0 rings (SSSR count). The summed E-state index contributed by atoms with van der Waals surface area (Å²) in [5, 5.41) is 11.2. The lowest BCUT2D eigenvalue weighted by Crippen LogP contribution is -2.03. The molecule has 0 heterocycles. The number of rotatable bonds is 4. The fraction of sp³-hybridized carbons (Fsp3) is 0.500. The van der Waals surface area contributed by atoms with Crippen molar-refractivity contribution >= 4 is 23.8 Å². The fourth-order valence-electron chi connectivity index (χ4n) is 0.173. The number of alkyl halides is 1. The molecule has 0 saturated carbocycles. The van der Waals surface area contributed by atoms with Crippen LogP contribution in [0.3, 0.4) is 0 Å². The quantitative estimate of drug-likeness (QED) is 0.358. The lowest BCUT2D eigenvalue weighted by atomic mass is 10.8. The molecular formula is C4H6ClNO3. The predicted molar refractivity (Wildman–Crippen MR) is 32.8 cm³/mol. The molecule has 0 atom stereocenters. The Balaban J connectivity index is 3.09. The summed E-state index contributed by atoms with van der Waals surface area (Å²) in [5.74, 6) is -0.832. The Hall–Kier alpha value is -0.770. The van der Waals surface area contributed by atoms with Crippen LogP contribution in [0.1, 0.15) is 0 Å². The van der Waals surface area contributed by atoms with Crippen molar-refractivity contribution in [3.8, 4) is 0 Å². The van der Waals surface area contributed by atoms with Gasteiger partial charge in [-0.25, -0.2) is 4.79 Å². The third-order valence-corrected chi connectivity index (χ3v) is 0.544. The van der Waals surface area contributed by atoms with Crippen molar-refractivity contribution < 1.29 is 14.7 Å². The molecule has 0 unspecified atom stereocenters. The van der Waals surface area contributed by atoms with E-state index in [0.29, 0.717) is 0 Å². The SMILES string of the molecule is O=C(O)CO/N=C/CCl. The number of hydrogen-bond acceptors (Lipinski definition) is 3. The fourth-order valence-corrected chi connectivity index (χ4v) is 0.230. The van der Waals surface area contributed by atoms with Crippen LogP contribution in [0.4, 0.5) is 0 Å². The summed E-state index contributed by atoms with van der Waals surface area (Å²) in [6.45, 7) is -0.423. The van der Waals surface area contributed by atoms with Gasteiger partial charge in [-0.3, -0.25) is 0 Å². The number of carboxylic acids is 1. The Kier molecular flexibility index (Phi) is 4.91. The molecule has 52 valence electrons. The number of oxime groups is 1. The molecule has 1 N–H and O–H groups in total. The predicted octanol–water partition coefficient (Wildman–Crippen LogP) is 0.312. The minimum atomic E-state index is -1.05. The molecule has 4 nitrogen and oxygen atoms in total. The van der Waals surface area contributed by atoms with Crippen LogP contribution in [0.15, 0.2) is 5.16 Å². The summed E-state index contributed by atoms with van der Waals surface area (Å²) in [5.41, 5.74) is 0. The van der Waals surface area contributed by atoms with Crippen LogP contribution in [-0.4, -0.2) is 29.8 Å². The average molecular weight is 152 g/mol. The number of aliphatic carboxylic acids is 1. The highest BCUT2D eigenvalue weighted by Crippen LogP contribution is 1.75. The normalized spacial score (nSPS) is 9.89. The first-order valence-electron chi connectivity index (χ1n) is 2.19. The number of halogens is 1. The molecule has 0 aliphatic heterocycles. The molecule has 9 heavy (non-hydrogen) atoms. The molecule has 0 saturated heterocycles. The lowest BCUT2D eigenvalue weighted by Gasteiger charge is -1.89. The van der Waals surface area contributed by atoms with E-state index in [1.54, 1.807) is 0 Å². The number of hydrogen-bond donors (Lipinski definition) is 1. The van der Waals surface area contributed by atoms with Crippen molar-refractivity contribution in [2.45, 2.75) is 0 Å². The molecule has 0 aromatic carbocycles. The maximum atomic E-state index is 9.73. The molecule has 0 aliphatic carbocycles. The van der Waals surface area contributed by atoms with Gasteiger partial charge in [0.1, 0.15) is 0 Å². The van der Waals surface area contributed by atoms with Crippen LogP contribution in [0.2, 0.25) is 0 Å². The minimum absolute atomic E-state index is 0.222. The highest BCUT2D eigenvalue weighted by molar-refractivity contribution is 6.24. The first-order valence-corrected chi connectivity index (χ1v) is 2.72. The monoisotopic (exact) mass is 151 g/mol. The lowest BCUT2D eigenvalue weighted by molar-refractivity contribution is -0.142. The Morgan fingerprint density at radius 2 is 2.56 bits per heavy atom. The first kappa shape index (κ1) is 8.23. The first-order chi connectivity index (χ1) is 4.27. The third kappa shape index (κ3) is 7.23. The molecular weight excluding hydrogens is 146 g/mol. The van der Waals surface area contributed by atoms with Crippen LogP contribution >= 0.6 is 11.6 Å². The van der Waals surface area contributed by atoms with Crippen molar-refractivity contribution in [2.24, 2.45) is 5.16 Å². The van der Waals surface area contributed by atoms with Crippen molar-refractivity contribution in [3.05, 3.63) is 0 Å². The van der Waals surface area contributed by atoms with Crippen LogP contribution in [0, 0.1) is 0 Å². The summed E-state index contributed by atoms with van der Waals surface area (Å²) < 4.78 is 0. The largest absolute Gasteiger partial charge is 0.479 e. The maximum Gasteiger partial charge on any atom is 0.344 e. The highest BCUT2D eigenvalue weighted by Gasteiger charge is 1.91. The van der Waals surface area contributed by atoms with Gasteiger partial charge >= 0.3 is 5.97 Å². The van der Waals surface area contributed by atoms with E-state index in [9.17, 15) is 4.79 Å². The van der Waals surface area contributed by atoms with Crippen molar-refractivity contribution in [1.82, 2.24) is 0 Å². The topological polar surface area (TPSA) is 58.9 Å². The Morgan fingerprint density at radius 1 is 1.89 bits per heavy atom. The highest BCUT2D eigenvalue weighted by atomic mass is 35.5. The van der Waals surface area contributed by atoms with Crippen molar-refractivity contribution in [1.29, 1.82) is 0 Å². The van der Waals surface area contributed by atoms with E-state index >= 15 is 0 Å². The zero-order valence-electron chi connectivity index (χ0n) is 4.58. The van der Waals surface area contributed by atoms with E-state index in [1.165, 1.54) is 6.21 Å². The van der Waals surface area contributed by atoms with E-state index in [4.69, 9.17) is 16.7 Å². The van der Waals surface area contributed by atoms with Crippen molar-refractivity contribution in [2.75, 3.05) is 12.5 Å². The van der Waals surface area contributed by atoms with Gasteiger partial charge < -0.3 is 9.94 Å². The van der Waals surface area contributed by atoms with Gasteiger partial charge in [0.2, 0.25) is 6.61 Å². The summed E-state index contributed by atoms with van der Waals surface area (Å²) >= 11 is 5.14. The molecule has 0 radical (unpaired) electrons. The van der Waals surface area contributed by atoms with E-state index in [-0.39, 0.29) is 5.88 Å². The zero-order chi connectivity index (χ0) is 7.11. The Morgan fingerprint density at radius 3 is 3.00 bits per heavy atom. The second-order valence-corrected chi connectivity index (χ2v) is 1.42. The van der Waals surface area contributed by atoms with E-state index in [2.05, 4.69) is 9.99 Å². The van der Waals surface area contributed by atoms with Crippen LogP contribution in [0.5, 0.6) is 0 Å². The van der Waals surface area contributed by atoms with E-state index in [1.807, 2.05) is 0 Å². The van der Waals surface area contributed by atoms with Crippen LogP contribution in [-0.2, 0) is 9.63 Å². The van der Waals surface area contributed by atoms with E-state index in [0.717, 1.165) is 0 Å². The summed E-state index contributed by atoms with van der Waals surface area (Å²) in [7, 11) is 0.